The Hall–Kier alpha value is -3.36. The van der Waals surface area contributed by atoms with Crippen molar-refractivity contribution in [1.29, 1.82) is 0 Å². The molecule has 1 aromatic heterocycles. The van der Waals surface area contributed by atoms with Gasteiger partial charge in [-0.15, -0.1) is 12.4 Å². The van der Waals surface area contributed by atoms with E-state index in [1.165, 1.54) is 6.42 Å². The highest BCUT2D eigenvalue weighted by atomic mass is 35.5. The topological polar surface area (TPSA) is 121 Å². The molecular weight excluding hydrogens is 468 g/mol. The van der Waals surface area contributed by atoms with E-state index in [-0.39, 0.29) is 29.6 Å². The Morgan fingerprint density at radius 3 is 2.46 bits per heavy atom. The number of likely N-dealkylation sites (tertiary alicyclic amines) is 1. The Labute approximate surface area is 210 Å². The molecule has 35 heavy (non-hydrogen) atoms. The van der Waals surface area contributed by atoms with Crippen molar-refractivity contribution in [2.45, 2.75) is 32.1 Å². The maximum absolute atomic E-state index is 13.3. The summed E-state index contributed by atoms with van der Waals surface area (Å²) in [5.74, 6) is -0.982. The number of para-hydroxylation sites is 1. The predicted molar refractivity (Wildman–Crippen MR) is 139 cm³/mol. The van der Waals surface area contributed by atoms with Crippen LogP contribution in [0, 0.1) is 5.92 Å². The van der Waals surface area contributed by atoms with Gasteiger partial charge in [-0.3, -0.25) is 0 Å². The van der Waals surface area contributed by atoms with E-state index in [1.807, 2.05) is 30.3 Å². The molecule has 1 fully saturated rings. The first-order valence-corrected chi connectivity index (χ1v) is 11.6. The summed E-state index contributed by atoms with van der Waals surface area (Å²) in [6.07, 6.45) is 3.39. The van der Waals surface area contributed by atoms with Crippen LogP contribution < -0.4 is 16.8 Å². The molecule has 9 heteroatoms. The number of hydrogen-bond donors (Lipinski definition) is 3. The van der Waals surface area contributed by atoms with E-state index < -0.39 is 17.6 Å². The Kier molecular flexibility index (Phi) is 8.89. The van der Waals surface area contributed by atoms with Crippen LogP contribution in [0.1, 0.15) is 43.2 Å². The number of nitrogens with two attached hydrogens (primary N) is 1. The summed E-state index contributed by atoms with van der Waals surface area (Å²) in [6.45, 7) is 4.28. The third kappa shape index (κ3) is 6.01. The molecule has 1 aliphatic rings. The fourth-order valence-electron chi connectivity index (χ4n) is 4.81. The minimum absolute atomic E-state index is 0. The van der Waals surface area contributed by atoms with E-state index >= 15 is 0 Å². The number of carbonyl (C=O) groups excluding carboxylic acids is 1. The molecule has 0 aliphatic carbocycles. The Bertz CT molecular complexity index is 1240. The number of fused-ring (bicyclic) bond motifs is 1. The second-order valence-corrected chi connectivity index (χ2v) is 8.73. The number of rotatable bonds is 7. The highest BCUT2D eigenvalue weighted by Crippen LogP contribution is 2.39. The first-order chi connectivity index (χ1) is 16.5. The van der Waals surface area contributed by atoms with Gasteiger partial charge in [0.25, 0.3) is 0 Å². The number of halogens is 1. The van der Waals surface area contributed by atoms with Crippen molar-refractivity contribution < 1.29 is 14.3 Å². The standard InChI is InChI=1S/C26H30N4O4.ClH/c1-17(28-29-26(27)33)20(16-30-14-8-3-9-15-30)22(18-10-4-2-5-11-18)23-24(31)19-12-6-7-13-21(19)34-25(23)32;/h2,4-7,10-13,20,22,31H,3,8-9,14-16H2,1H3,(H3,27,29,33);1H/b28-17-;. The lowest BCUT2D eigenvalue weighted by molar-refractivity contribution is 0.207. The molecule has 2 atom stereocenters. The summed E-state index contributed by atoms with van der Waals surface area (Å²) in [5.41, 5.74) is 8.95. The monoisotopic (exact) mass is 498 g/mol. The number of hydrogen-bond acceptors (Lipinski definition) is 6. The zero-order valence-electron chi connectivity index (χ0n) is 19.6. The van der Waals surface area contributed by atoms with E-state index in [0.29, 0.717) is 23.2 Å². The molecule has 8 nitrogen and oxygen atoms in total. The van der Waals surface area contributed by atoms with Crippen molar-refractivity contribution in [2.24, 2.45) is 16.8 Å². The van der Waals surface area contributed by atoms with Gasteiger partial charge in [0.05, 0.1) is 10.9 Å². The molecular formula is C26H31ClN4O4. The fraction of sp³-hybridized carbons (Fsp3) is 0.346. The van der Waals surface area contributed by atoms with Crippen LogP contribution in [0.15, 0.2) is 68.9 Å². The molecule has 0 radical (unpaired) electrons. The number of urea groups is 1. The second-order valence-electron chi connectivity index (χ2n) is 8.73. The maximum atomic E-state index is 13.3. The van der Waals surface area contributed by atoms with Gasteiger partial charge >= 0.3 is 11.7 Å². The number of aromatic hydroxyl groups is 1. The molecule has 2 heterocycles. The molecule has 0 spiro atoms. The van der Waals surface area contributed by atoms with Crippen LogP contribution in [-0.4, -0.2) is 41.4 Å². The van der Waals surface area contributed by atoms with Gasteiger partial charge in [0.2, 0.25) is 0 Å². The molecule has 2 amide bonds. The van der Waals surface area contributed by atoms with Crippen LogP contribution in [0.2, 0.25) is 0 Å². The Balaban J connectivity index is 0.00000342. The number of primary amides is 1. The number of carbonyl (C=O) groups is 1. The molecule has 4 rings (SSSR count). The second kappa shape index (κ2) is 11.9. The van der Waals surface area contributed by atoms with Crippen LogP contribution >= 0.6 is 12.4 Å². The summed E-state index contributed by atoms with van der Waals surface area (Å²) in [7, 11) is 0. The smallest absolute Gasteiger partial charge is 0.343 e. The van der Waals surface area contributed by atoms with Crippen LogP contribution in [0.3, 0.4) is 0 Å². The van der Waals surface area contributed by atoms with Crippen molar-refractivity contribution in [3.63, 3.8) is 0 Å². The lowest BCUT2D eigenvalue weighted by atomic mass is 9.78. The van der Waals surface area contributed by atoms with Gasteiger partial charge in [0.15, 0.2) is 0 Å². The lowest BCUT2D eigenvalue weighted by Crippen LogP contribution is -2.40. The molecule has 3 aromatic rings. The average molecular weight is 499 g/mol. The predicted octanol–water partition coefficient (Wildman–Crippen LogP) is 4.20. The minimum atomic E-state index is -0.764. The zero-order valence-corrected chi connectivity index (χ0v) is 20.5. The van der Waals surface area contributed by atoms with Crippen LogP contribution in [0.4, 0.5) is 4.79 Å². The summed E-state index contributed by atoms with van der Waals surface area (Å²) in [5, 5.41) is 16.0. The number of piperidine rings is 1. The highest BCUT2D eigenvalue weighted by Gasteiger charge is 2.35. The Morgan fingerprint density at radius 1 is 1.11 bits per heavy atom. The van der Waals surface area contributed by atoms with Gasteiger partial charge in [-0.05, 0) is 50.6 Å². The quantitative estimate of drug-likeness (QED) is 0.256. The van der Waals surface area contributed by atoms with Gasteiger partial charge in [0.1, 0.15) is 11.3 Å². The van der Waals surface area contributed by atoms with E-state index in [0.717, 1.165) is 31.5 Å². The molecule has 1 aliphatic heterocycles. The molecule has 2 unspecified atom stereocenters. The first kappa shape index (κ1) is 26.2. The van der Waals surface area contributed by atoms with E-state index in [1.54, 1.807) is 31.2 Å². The van der Waals surface area contributed by atoms with Crippen molar-refractivity contribution in [1.82, 2.24) is 10.3 Å². The van der Waals surface area contributed by atoms with Crippen molar-refractivity contribution in [3.8, 4) is 5.75 Å². The molecule has 0 saturated carbocycles. The SMILES string of the molecule is C/C(=N/NC(N)=O)C(CN1CCCCC1)C(c1ccccc1)c1c(O)c2ccccc2oc1=O.Cl. The van der Waals surface area contributed by atoms with Crippen molar-refractivity contribution in [3.05, 3.63) is 76.1 Å². The molecule has 186 valence electrons. The van der Waals surface area contributed by atoms with Gasteiger partial charge < -0.3 is 20.2 Å². The van der Waals surface area contributed by atoms with E-state index in [2.05, 4.69) is 15.4 Å². The summed E-state index contributed by atoms with van der Waals surface area (Å²) >= 11 is 0. The maximum Gasteiger partial charge on any atom is 0.343 e. The minimum Gasteiger partial charge on any atom is -0.507 e. The number of hydrazone groups is 1. The average Bonchev–Trinajstić information content (AvgIpc) is 2.85. The fourth-order valence-corrected chi connectivity index (χ4v) is 4.81. The van der Waals surface area contributed by atoms with E-state index in [4.69, 9.17) is 10.2 Å². The number of nitrogens with one attached hydrogen (secondary N) is 1. The Morgan fingerprint density at radius 2 is 1.77 bits per heavy atom. The molecule has 2 aromatic carbocycles. The van der Waals surface area contributed by atoms with Gasteiger partial charge in [-0.25, -0.2) is 15.0 Å². The molecule has 0 bridgehead atoms. The zero-order chi connectivity index (χ0) is 24.1. The first-order valence-electron chi connectivity index (χ1n) is 11.6. The van der Waals surface area contributed by atoms with Gasteiger partial charge in [-0.1, -0.05) is 48.9 Å². The molecule has 4 N–H and O–H groups in total. The van der Waals surface area contributed by atoms with Crippen LogP contribution in [-0.2, 0) is 0 Å². The van der Waals surface area contributed by atoms with Gasteiger partial charge in [0, 0.05) is 24.1 Å². The number of amides is 2. The summed E-state index contributed by atoms with van der Waals surface area (Å²) in [4.78, 5) is 27.0. The number of benzene rings is 2. The van der Waals surface area contributed by atoms with Crippen molar-refractivity contribution >= 4 is 35.1 Å². The van der Waals surface area contributed by atoms with Gasteiger partial charge in [-0.2, -0.15) is 5.10 Å². The van der Waals surface area contributed by atoms with Crippen LogP contribution in [0.25, 0.3) is 11.0 Å². The molecule has 1 saturated heterocycles. The normalized spacial score (nSPS) is 16.3. The van der Waals surface area contributed by atoms with Crippen LogP contribution in [0.5, 0.6) is 5.75 Å². The third-order valence-corrected chi connectivity index (χ3v) is 6.47. The summed E-state index contributed by atoms with van der Waals surface area (Å²) in [6, 6.07) is 15.7. The third-order valence-electron chi connectivity index (χ3n) is 6.47. The van der Waals surface area contributed by atoms with Crippen molar-refractivity contribution in [2.75, 3.05) is 19.6 Å². The largest absolute Gasteiger partial charge is 0.507 e. The lowest BCUT2D eigenvalue weighted by Gasteiger charge is -2.34. The highest BCUT2D eigenvalue weighted by molar-refractivity contribution is 5.89. The number of nitrogens with zero attached hydrogens (tertiary/aromatic N) is 2. The summed E-state index contributed by atoms with van der Waals surface area (Å²) < 4.78 is 5.64. The van der Waals surface area contributed by atoms with E-state index in [9.17, 15) is 14.7 Å².